The lowest BCUT2D eigenvalue weighted by molar-refractivity contribution is -0.140. The fraction of sp³-hybridized carbons (Fsp3) is 0.889. The molecule has 15 heavy (non-hydrogen) atoms. The van der Waals surface area contributed by atoms with E-state index in [4.69, 9.17) is 4.74 Å². The van der Waals surface area contributed by atoms with Gasteiger partial charge in [-0.1, -0.05) is 12.8 Å². The lowest BCUT2D eigenvalue weighted by atomic mass is 9.80. The highest BCUT2D eigenvalue weighted by Gasteiger charge is 2.51. The molecule has 1 aliphatic heterocycles. The van der Waals surface area contributed by atoms with Crippen molar-refractivity contribution >= 4 is 16.2 Å². The molecule has 86 valence electrons. The zero-order valence-corrected chi connectivity index (χ0v) is 9.06. The van der Waals surface area contributed by atoms with Gasteiger partial charge in [0.05, 0.1) is 6.42 Å². The highest BCUT2D eigenvalue weighted by molar-refractivity contribution is 7.86. The molecule has 2 fully saturated rings. The molecule has 1 spiro atoms. The van der Waals surface area contributed by atoms with Crippen molar-refractivity contribution in [2.75, 3.05) is 5.75 Å². The molecule has 0 aromatic carbocycles. The van der Waals surface area contributed by atoms with Gasteiger partial charge in [0, 0.05) is 5.41 Å². The van der Waals surface area contributed by atoms with Gasteiger partial charge in [-0.3, -0.25) is 4.79 Å². The summed E-state index contributed by atoms with van der Waals surface area (Å²) in [5, 5.41) is 0. The molecule has 0 N–H and O–H groups in total. The van der Waals surface area contributed by atoms with E-state index >= 15 is 0 Å². The summed E-state index contributed by atoms with van der Waals surface area (Å²) in [4.78, 5) is 11.2. The SMILES string of the molecule is O=C1CC2(CCCC2)C(CS(=O)(=O)F)O1. The summed E-state index contributed by atoms with van der Waals surface area (Å²) in [6, 6.07) is 0. The maximum atomic E-state index is 12.6. The number of hydrogen-bond donors (Lipinski definition) is 0. The molecule has 0 radical (unpaired) electrons. The van der Waals surface area contributed by atoms with Crippen LogP contribution in [0.2, 0.25) is 0 Å². The second-order valence-corrected chi connectivity index (χ2v) is 5.84. The molecule has 0 aromatic heterocycles. The number of esters is 1. The molecule has 1 atom stereocenters. The van der Waals surface area contributed by atoms with Crippen LogP contribution < -0.4 is 0 Å². The summed E-state index contributed by atoms with van der Waals surface area (Å²) in [7, 11) is -4.57. The molecule has 1 unspecified atom stereocenters. The van der Waals surface area contributed by atoms with Gasteiger partial charge in [-0.15, -0.1) is 3.89 Å². The average Bonchev–Trinajstić information content (AvgIpc) is 2.59. The molecule has 1 saturated heterocycles. The molecule has 6 heteroatoms. The van der Waals surface area contributed by atoms with Gasteiger partial charge >= 0.3 is 16.2 Å². The molecule has 0 aromatic rings. The van der Waals surface area contributed by atoms with E-state index in [-0.39, 0.29) is 6.42 Å². The lowest BCUT2D eigenvalue weighted by Gasteiger charge is -2.26. The average molecular weight is 236 g/mol. The van der Waals surface area contributed by atoms with Gasteiger partial charge in [0.15, 0.2) is 0 Å². The Balaban J connectivity index is 2.19. The summed E-state index contributed by atoms with van der Waals surface area (Å²) in [6.45, 7) is 0. The largest absolute Gasteiger partial charge is 0.461 e. The summed E-state index contributed by atoms with van der Waals surface area (Å²) in [6.07, 6.45) is 2.91. The van der Waals surface area contributed by atoms with E-state index in [0.717, 1.165) is 25.7 Å². The minimum absolute atomic E-state index is 0.243. The van der Waals surface area contributed by atoms with Crippen molar-refractivity contribution in [2.45, 2.75) is 38.2 Å². The first-order valence-electron chi connectivity index (χ1n) is 5.03. The van der Waals surface area contributed by atoms with Crippen molar-refractivity contribution in [3.05, 3.63) is 0 Å². The van der Waals surface area contributed by atoms with Gasteiger partial charge in [0.1, 0.15) is 11.9 Å². The van der Waals surface area contributed by atoms with Crippen LogP contribution in [0.25, 0.3) is 0 Å². The van der Waals surface area contributed by atoms with Gasteiger partial charge in [-0.25, -0.2) is 0 Å². The molecule has 2 aliphatic rings. The predicted molar refractivity (Wildman–Crippen MR) is 50.3 cm³/mol. The lowest BCUT2D eigenvalue weighted by Crippen LogP contribution is -2.33. The van der Waals surface area contributed by atoms with Crippen molar-refractivity contribution in [1.82, 2.24) is 0 Å². The molecule has 0 bridgehead atoms. The Morgan fingerprint density at radius 2 is 2.00 bits per heavy atom. The Bertz CT molecular complexity index is 370. The van der Waals surface area contributed by atoms with Gasteiger partial charge in [-0.2, -0.15) is 8.42 Å². The van der Waals surface area contributed by atoms with Gasteiger partial charge < -0.3 is 4.74 Å². The molecule has 2 rings (SSSR count). The molecule has 4 nitrogen and oxygen atoms in total. The number of hydrogen-bond acceptors (Lipinski definition) is 4. The molecule has 1 saturated carbocycles. The highest BCUT2D eigenvalue weighted by atomic mass is 32.3. The Morgan fingerprint density at radius 3 is 2.53 bits per heavy atom. The zero-order valence-electron chi connectivity index (χ0n) is 8.24. The van der Waals surface area contributed by atoms with Crippen LogP contribution in [0.3, 0.4) is 0 Å². The topological polar surface area (TPSA) is 60.4 Å². The van der Waals surface area contributed by atoms with Crippen molar-refractivity contribution in [3.63, 3.8) is 0 Å². The van der Waals surface area contributed by atoms with Crippen molar-refractivity contribution in [3.8, 4) is 0 Å². The van der Waals surface area contributed by atoms with E-state index in [1.165, 1.54) is 0 Å². The number of carbonyl (C=O) groups excluding carboxylic acids is 1. The van der Waals surface area contributed by atoms with Gasteiger partial charge in [-0.05, 0) is 12.8 Å². The maximum Gasteiger partial charge on any atom is 0.306 e. The van der Waals surface area contributed by atoms with E-state index in [0.29, 0.717) is 0 Å². The molecule has 1 aliphatic carbocycles. The van der Waals surface area contributed by atoms with Crippen LogP contribution in [0.4, 0.5) is 3.89 Å². The number of carbonyl (C=O) groups is 1. The summed E-state index contributed by atoms with van der Waals surface area (Å²) >= 11 is 0. The Morgan fingerprint density at radius 1 is 1.40 bits per heavy atom. The van der Waals surface area contributed by atoms with Crippen LogP contribution in [-0.2, 0) is 19.8 Å². The number of rotatable bonds is 2. The first kappa shape index (κ1) is 10.9. The number of ether oxygens (including phenoxy) is 1. The third-order valence-corrected chi connectivity index (χ3v) is 4.10. The van der Waals surface area contributed by atoms with Crippen molar-refractivity contribution in [2.24, 2.45) is 5.41 Å². The van der Waals surface area contributed by atoms with Gasteiger partial charge in [0.2, 0.25) is 0 Å². The van der Waals surface area contributed by atoms with E-state index in [1.54, 1.807) is 0 Å². The van der Waals surface area contributed by atoms with Crippen LogP contribution in [0, 0.1) is 5.41 Å². The van der Waals surface area contributed by atoms with E-state index in [1.807, 2.05) is 0 Å². The van der Waals surface area contributed by atoms with Crippen LogP contribution in [0.5, 0.6) is 0 Å². The third kappa shape index (κ3) is 2.14. The normalized spacial score (nSPS) is 29.7. The fourth-order valence-electron chi connectivity index (χ4n) is 2.70. The van der Waals surface area contributed by atoms with Crippen molar-refractivity contribution < 1.29 is 21.8 Å². The Hall–Kier alpha value is -0.650. The van der Waals surface area contributed by atoms with Crippen molar-refractivity contribution in [1.29, 1.82) is 0 Å². The molecular weight excluding hydrogens is 223 g/mol. The first-order valence-corrected chi connectivity index (χ1v) is 6.58. The Kier molecular flexibility index (Phi) is 2.48. The van der Waals surface area contributed by atoms with Crippen LogP contribution in [-0.4, -0.2) is 26.2 Å². The molecule has 0 amide bonds. The quantitative estimate of drug-likeness (QED) is 0.533. The summed E-state index contributed by atoms with van der Waals surface area (Å²) < 4.78 is 38.7. The molecular formula is C9H13FO4S. The first-order chi connectivity index (χ1) is 6.91. The summed E-state index contributed by atoms with van der Waals surface area (Å²) in [5.74, 6) is -1.08. The van der Waals surface area contributed by atoms with E-state index < -0.39 is 33.5 Å². The fourth-order valence-corrected chi connectivity index (χ4v) is 3.48. The third-order valence-electron chi connectivity index (χ3n) is 3.40. The minimum atomic E-state index is -4.57. The second-order valence-electron chi connectivity index (χ2n) is 4.43. The standard InChI is InChI=1S/C9H13FO4S/c10-15(12,13)6-7-9(3-1-2-4-9)5-8(11)14-7/h7H,1-6H2. The van der Waals surface area contributed by atoms with E-state index in [2.05, 4.69) is 0 Å². The second kappa shape index (κ2) is 3.43. The maximum absolute atomic E-state index is 12.6. The summed E-state index contributed by atoms with van der Waals surface area (Å²) in [5.41, 5.74) is -0.407. The van der Waals surface area contributed by atoms with Crippen LogP contribution in [0.1, 0.15) is 32.1 Å². The highest BCUT2D eigenvalue weighted by Crippen LogP contribution is 2.49. The minimum Gasteiger partial charge on any atom is -0.461 e. The zero-order chi connectivity index (χ0) is 11.1. The smallest absolute Gasteiger partial charge is 0.306 e. The monoisotopic (exact) mass is 236 g/mol. The van der Waals surface area contributed by atoms with Crippen LogP contribution in [0.15, 0.2) is 0 Å². The molecule has 1 heterocycles. The Labute approximate surface area is 88.0 Å². The van der Waals surface area contributed by atoms with Gasteiger partial charge in [0.25, 0.3) is 0 Å². The number of cyclic esters (lactones) is 1. The number of halogens is 1. The predicted octanol–water partition coefficient (Wildman–Crippen LogP) is 1.16. The van der Waals surface area contributed by atoms with Crippen LogP contribution >= 0.6 is 0 Å². The van der Waals surface area contributed by atoms with E-state index in [9.17, 15) is 17.1 Å².